The highest BCUT2D eigenvalue weighted by atomic mass is 16.6. The normalized spacial score (nSPS) is 18.6. The minimum atomic E-state index is -1.09. The molecule has 4 aromatic rings. The van der Waals surface area contributed by atoms with E-state index in [0.717, 1.165) is 23.1 Å². The van der Waals surface area contributed by atoms with Crippen molar-refractivity contribution in [2.24, 2.45) is 11.3 Å². The van der Waals surface area contributed by atoms with Crippen molar-refractivity contribution >= 4 is 11.7 Å². The summed E-state index contributed by atoms with van der Waals surface area (Å²) in [4.78, 5) is 29.8. The van der Waals surface area contributed by atoms with Crippen LogP contribution in [0, 0.1) is 11.3 Å². The second kappa shape index (κ2) is 15.4. The van der Waals surface area contributed by atoms with Crippen LogP contribution in [0.5, 0.6) is 11.5 Å². The van der Waals surface area contributed by atoms with Gasteiger partial charge in [0.2, 0.25) is 5.91 Å². The first-order chi connectivity index (χ1) is 23.4. The molecule has 49 heavy (non-hydrogen) atoms. The first-order valence-electron chi connectivity index (χ1n) is 16.6. The van der Waals surface area contributed by atoms with Gasteiger partial charge in [0.15, 0.2) is 0 Å². The number of methoxy groups -OCH3 is 2. The number of rotatable bonds is 13. The molecule has 0 radical (unpaired) electrons. The number of aliphatic hydroxyl groups excluding tert-OH is 1. The van der Waals surface area contributed by atoms with Gasteiger partial charge in [-0.3, -0.25) is 9.36 Å². The predicted molar refractivity (Wildman–Crippen MR) is 188 cm³/mol. The van der Waals surface area contributed by atoms with Gasteiger partial charge in [0.25, 0.3) is 0 Å². The molecule has 0 spiro atoms. The molecular formula is C39H47N3O7. The molecule has 4 atom stereocenters. The number of anilines is 1. The zero-order valence-corrected chi connectivity index (χ0v) is 29.1. The summed E-state index contributed by atoms with van der Waals surface area (Å²) in [6.07, 6.45) is 0.490. The Morgan fingerprint density at radius 3 is 2.04 bits per heavy atom. The quantitative estimate of drug-likeness (QED) is 0.159. The monoisotopic (exact) mass is 669 g/mol. The van der Waals surface area contributed by atoms with Gasteiger partial charge < -0.3 is 29.4 Å². The lowest BCUT2D eigenvalue weighted by Gasteiger charge is -2.37. The van der Waals surface area contributed by atoms with Crippen LogP contribution in [0.3, 0.4) is 0 Å². The van der Waals surface area contributed by atoms with Crippen molar-refractivity contribution in [1.82, 2.24) is 9.55 Å². The Bertz CT molecular complexity index is 1690. The van der Waals surface area contributed by atoms with Crippen LogP contribution in [0.15, 0.2) is 95.9 Å². The number of carbonyl (C=O) groups excluding carboxylic acids is 1. The molecule has 1 saturated heterocycles. The number of aliphatic hydroxyl groups is 1. The standard InChI is InChI=1S/C39H47N3O7/c1-26(24-38(2,3)4)22-35(44)40-34-20-21-42(37(45)41-34)36-23-32(43)33(49-36)25-48-39(27-10-8-7-9-11-27,28-12-16-30(46-5)17-13-28)29-14-18-31(47-6)19-15-29/h7-21,26,32-33,36,43H,22-25H2,1-6H3,(H,40,41,44,45)/t26?,32-,33+,36+/m0/s1. The molecule has 10 heteroatoms. The molecule has 0 saturated carbocycles. The van der Waals surface area contributed by atoms with E-state index >= 15 is 0 Å². The summed E-state index contributed by atoms with van der Waals surface area (Å²) < 4.78 is 25.4. The zero-order chi connectivity index (χ0) is 35.2. The average Bonchev–Trinajstić information content (AvgIpc) is 3.44. The molecule has 5 rings (SSSR count). The van der Waals surface area contributed by atoms with E-state index in [1.807, 2.05) is 85.8 Å². The van der Waals surface area contributed by atoms with E-state index in [0.29, 0.717) is 17.9 Å². The van der Waals surface area contributed by atoms with E-state index in [1.165, 1.54) is 10.8 Å². The third-order valence-electron chi connectivity index (χ3n) is 8.74. The summed E-state index contributed by atoms with van der Waals surface area (Å²) in [5.41, 5.74) is 0.999. The van der Waals surface area contributed by atoms with Gasteiger partial charge in [-0.15, -0.1) is 0 Å². The highest BCUT2D eigenvalue weighted by molar-refractivity contribution is 5.89. The average molecular weight is 670 g/mol. The fraction of sp³-hybridized carbons (Fsp3) is 0.410. The van der Waals surface area contributed by atoms with Crippen LogP contribution in [0.1, 0.15) is 69.9 Å². The Morgan fingerprint density at radius 1 is 0.939 bits per heavy atom. The molecule has 1 aliphatic rings. The molecule has 1 fully saturated rings. The first kappa shape index (κ1) is 35.8. The maximum atomic E-state index is 13.1. The largest absolute Gasteiger partial charge is 0.497 e. The maximum absolute atomic E-state index is 13.1. The summed E-state index contributed by atoms with van der Waals surface area (Å²) in [6, 6.07) is 26.8. The van der Waals surface area contributed by atoms with Gasteiger partial charge in [-0.1, -0.05) is 82.3 Å². The van der Waals surface area contributed by atoms with Crippen molar-refractivity contribution in [3.05, 3.63) is 118 Å². The number of hydrogen-bond donors (Lipinski definition) is 2. The Balaban J connectivity index is 1.36. The molecule has 3 aromatic carbocycles. The van der Waals surface area contributed by atoms with Gasteiger partial charge in [0.1, 0.15) is 35.2 Å². The van der Waals surface area contributed by atoms with Crippen molar-refractivity contribution in [2.45, 2.75) is 71.0 Å². The molecular weight excluding hydrogens is 622 g/mol. The summed E-state index contributed by atoms with van der Waals surface area (Å²) in [5, 5.41) is 13.9. The van der Waals surface area contributed by atoms with Crippen LogP contribution < -0.4 is 20.5 Å². The van der Waals surface area contributed by atoms with Crippen LogP contribution in [0.2, 0.25) is 0 Å². The number of carbonyl (C=O) groups is 1. The zero-order valence-electron chi connectivity index (χ0n) is 29.1. The fourth-order valence-corrected chi connectivity index (χ4v) is 6.65. The molecule has 1 aliphatic heterocycles. The van der Waals surface area contributed by atoms with Crippen molar-refractivity contribution in [3.8, 4) is 11.5 Å². The van der Waals surface area contributed by atoms with E-state index in [1.54, 1.807) is 20.3 Å². The summed E-state index contributed by atoms with van der Waals surface area (Å²) in [7, 11) is 3.24. The molecule has 260 valence electrons. The number of hydrogen-bond acceptors (Lipinski definition) is 8. The first-order valence-corrected chi connectivity index (χ1v) is 16.6. The summed E-state index contributed by atoms with van der Waals surface area (Å²) in [6.45, 7) is 8.47. The van der Waals surface area contributed by atoms with E-state index in [9.17, 15) is 14.7 Å². The van der Waals surface area contributed by atoms with Gasteiger partial charge in [0.05, 0.1) is 26.9 Å². The fourth-order valence-electron chi connectivity index (χ4n) is 6.65. The Hall–Kier alpha value is -4.51. The minimum Gasteiger partial charge on any atom is -0.497 e. The molecule has 10 nitrogen and oxygen atoms in total. The van der Waals surface area contributed by atoms with Crippen molar-refractivity contribution in [2.75, 3.05) is 26.1 Å². The highest BCUT2D eigenvalue weighted by Gasteiger charge is 2.42. The second-order valence-corrected chi connectivity index (χ2v) is 13.9. The molecule has 2 heterocycles. The van der Waals surface area contributed by atoms with Gasteiger partial charge in [0, 0.05) is 19.0 Å². The van der Waals surface area contributed by atoms with Gasteiger partial charge >= 0.3 is 5.69 Å². The SMILES string of the molecule is COc1ccc(C(OC[C@H]2O[C@@H](n3ccc(NC(=O)CC(C)CC(C)(C)C)nc3=O)C[C@@H]2O)(c2ccccc2)c2ccc(OC)cc2)cc1. The number of benzene rings is 3. The third kappa shape index (κ3) is 8.57. The van der Waals surface area contributed by atoms with E-state index in [-0.39, 0.29) is 36.1 Å². The number of amides is 1. The molecule has 1 aromatic heterocycles. The smallest absolute Gasteiger partial charge is 0.351 e. The van der Waals surface area contributed by atoms with E-state index in [2.05, 4.69) is 31.1 Å². The van der Waals surface area contributed by atoms with Gasteiger partial charge in [-0.2, -0.15) is 4.98 Å². The molecule has 0 bridgehead atoms. The Kier molecular flexibility index (Phi) is 11.2. The maximum Gasteiger partial charge on any atom is 0.351 e. The Labute approximate surface area is 288 Å². The number of ether oxygens (including phenoxy) is 4. The molecule has 1 amide bonds. The number of nitrogens with zero attached hydrogens (tertiary/aromatic N) is 2. The van der Waals surface area contributed by atoms with Crippen LogP contribution >= 0.6 is 0 Å². The summed E-state index contributed by atoms with van der Waals surface area (Å²) >= 11 is 0. The predicted octanol–water partition coefficient (Wildman–Crippen LogP) is 6.32. The van der Waals surface area contributed by atoms with Crippen LogP contribution in [0.25, 0.3) is 0 Å². The lowest BCUT2D eigenvalue weighted by molar-refractivity contribution is -0.117. The number of aromatic nitrogens is 2. The van der Waals surface area contributed by atoms with Gasteiger partial charge in [-0.05, 0) is 64.8 Å². The second-order valence-electron chi connectivity index (χ2n) is 13.9. The van der Waals surface area contributed by atoms with Gasteiger partial charge in [-0.25, -0.2) is 4.79 Å². The van der Waals surface area contributed by atoms with E-state index < -0.39 is 29.7 Å². The molecule has 2 N–H and O–H groups in total. The molecule has 1 unspecified atom stereocenters. The molecule has 0 aliphatic carbocycles. The summed E-state index contributed by atoms with van der Waals surface area (Å²) in [5.74, 6) is 1.58. The highest BCUT2D eigenvalue weighted by Crippen LogP contribution is 2.42. The topological polar surface area (TPSA) is 121 Å². The number of nitrogens with one attached hydrogen (secondary N) is 1. The lowest BCUT2D eigenvalue weighted by Crippen LogP contribution is -2.38. The minimum absolute atomic E-state index is 0.00763. The third-order valence-corrected chi connectivity index (χ3v) is 8.74. The van der Waals surface area contributed by atoms with Crippen LogP contribution in [-0.4, -0.2) is 53.6 Å². The van der Waals surface area contributed by atoms with Crippen molar-refractivity contribution in [3.63, 3.8) is 0 Å². The van der Waals surface area contributed by atoms with Crippen molar-refractivity contribution in [1.29, 1.82) is 0 Å². The lowest BCUT2D eigenvalue weighted by atomic mass is 9.80. The van der Waals surface area contributed by atoms with Crippen LogP contribution in [0.4, 0.5) is 5.82 Å². The Morgan fingerprint density at radius 2 is 1.51 bits per heavy atom. The van der Waals surface area contributed by atoms with E-state index in [4.69, 9.17) is 18.9 Å². The van der Waals surface area contributed by atoms with Crippen LogP contribution in [-0.2, 0) is 19.9 Å². The van der Waals surface area contributed by atoms with Crippen molar-refractivity contribution < 1.29 is 28.8 Å².